The van der Waals surface area contributed by atoms with Gasteiger partial charge < -0.3 is 0 Å². The van der Waals surface area contributed by atoms with Crippen LogP contribution in [0.4, 0.5) is 4.39 Å². The zero-order valence-corrected chi connectivity index (χ0v) is 12.4. The number of halogens is 1. The summed E-state index contributed by atoms with van der Waals surface area (Å²) in [6.07, 6.45) is 0.382. The average molecular weight is 295 g/mol. The van der Waals surface area contributed by atoms with E-state index in [0.717, 1.165) is 20.5 Å². The van der Waals surface area contributed by atoms with Gasteiger partial charge in [0.05, 0.1) is 17.9 Å². The van der Waals surface area contributed by atoms with Crippen LogP contribution in [0.2, 0.25) is 0 Å². The van der Waals surface area contributed by atoms with E-state index in [0.29, 0.717) is 12.2 Å². The number of aryl methyl sites for hydroxylation is 2. The van der Waals surface area contributed by atoms with Gasteiger partial charge in [-0.15, -0.1) is 23.1 Å². The molecule has 0 unspecified atom stereocenters. The van der Waals surface area contributed by atoms with Crippen LogP contribution in [0.1, 0.15) is 15.6 Å². The second-order valence-corrected chi connectivity index (χ2v) is 6.54. The molecule has 19 heavy (non-hydrogen) atoms. The molecule has 0 aliphatic heterocycles. The maximum Gasteiger partial charge on any atom is 0.149 e. The standard InChI is InChI=1S/C14H14FNOS2/c1-9-10(2)19-14(16-9)7-12(17)8-18-13-5-3-11(15)4-6-13/h3-6H,7-8H2,1-2H3. The minimum absolute atomic E-state index is 0.142. The number of thiazole rings is 1. The summed E-state index contributed by atoms with van der Waals surface area (Å²) in [5, 5.41) is 0.875. The van der Waals surface area contributed by atoms with E-state index in [-0.39, 0.29) is 11.6 Å². The van der Waals surface area contributed by atoms with Gasteiger partial charge in [0.25, 0.3) is 0 Å². The number of Topliss-reactive ketones (excluding diaryl/α,β-unsaturated/α-hetero) is 1. The molecule has 100 valence electrons. The molecule has 1 aromatic carbocycles. The van der Waals surface area contributed by atoms with Crippen molar-refractivity contribution in [2.45, 2.75) is 25.2 Å². The van der Waals surface area contributed by atoms with Gasteiger partial charge >= 0.3 is 0 Å². The summed E-state index contributed by atoms with van der Waals surface area (Å²) in [7, 11) is 0. The number of hydrogen-bond acceptors (Lipinski definition) is 4. The average Bonchev–Trinajstić information content (AvgIpc) is 2.67. The number of aromatic nitrogens is 1. The second kappa shape index (κ2) is 6.30. The van der Waals surface area contributed by atoms with Gasteiger partial charge in [0.15, 0.2) is 0 Å². The third-order valence-corrected chi connectivity index (χ3v) is 4.78. The van der Waals surface area contributed by atoms with Gasteiger partial charge in [0.2, 0.25) is 0 Å². The van der Waals surface area contributed by atoms with E-state index < -0.39 is 0 Å². The summed E-state index contributed by atoms with van der Waals surface area (Å²) in [6, 6.07) is 6.18. The number of benzene rings is 1. The van der Waals surface area contributed by atoms with E-state index in [1.165, 1.54) is 23.9 Å². The van der Waals surface area contributed by atoms with Crippen LogP contribution in [-0.2, 0) is 11.2 Å². The van der Waals surface area contributed by atoms with Crippen molar-refractivity contribution >= 4 is 28.9 Å². The van der Waals surface area contributed by atoms with Gasteiger partial charge in [-0.2, -0.15) is 0 Å². The quantitative estimate of drug-likeness (QED) is 0.786. The lowest BCUT2D eigenvalue weighted by Crippen LogP contribution is -2.05. The van der Waals surface area contributed by atoms with Crippen molar-refractivity contribution < 1.29 is 9.18 Å². The summed E-state index contributed by atoms with van der Waals surface area (Å²) >= 11 is 3.00. The van der Waals surface area contributed by atoms with Gasteiger partial charge in [-0.05, 0) is 38.1 Å². The van der Waals surface area contributed by atoms with Crippen LogP contribution in [0.3, 0.4) is 0 Å². The number of carbonyl (C=O) groups is 1. The molecule has 0 amide bonds. The number of thioether (sulfide) groups is 1. The molecule has 0 bridgehead atoms. The Hall–Kier alpha value is -1.20. The largest absolute Gasteiger partial charge is 0.298 e. The fourth-order valence-corrected chi connectivity index (χ4v) is 3.25. The number of nitrogens with zero attached hydrogens (tertiary/aromatic N) is 1. The van der Waals surface area contributed by atoms with Gasteiger partial charge in [0, 0.05) is 9.77 Å². The molecule has 0 aliphatic carbocycles. The third-order valence-electron chi connectivity index (χ3n) is 2.63. The Labute approximate surface area is 120 Å². The molecule has 0 spiro atoms. The fourth-order valence-electron chi connectivity index (χ4n) is 1.53. The molecule has 0 radical (unpaired) electrons. The van der Waals surface area contributed by atoms with Crippen LogP contribution >= 0.6 is 23.1 Å². The summed E-state index contributed by atoms with van der Waals surface area (Å²) in [4.78, 5) is 18.3. The Morgan fingerprint density at radius 2 is 2.00 bits per heavy atom. The first kappa shape index (κ1) is 14.2. The molecule has 2 aromatic rings. The third kappa shape index (κ3) is 4.14. The first-order chi connectivity index (χ1) is 9.04. The number of rotatable bonds is 5. The Kier molecular flexibility index (Phi) is 4.71. The lowest BCUT2D eigenvalue weighted by Gasteiger charge is -2.00. The van der Waals surface area contributed by atoms with E-state index in [1.807, 2.05) is 13.8 Å². The topological polar surface area (TPSA) is 30.0 Å². The lowest BCUT2D eigenvalue weighted by molar-refractivity contribution is -0.116. The summed E-state index contributed by atoms with van der Waals surface area (Å²) in [6.45, 7) is 3.96. The van der Waals surface area contributed by atoms with Crippen LogP contribution in [0.5, 0.6) is 0 Å². The SMILES string of the molecule is Cc1nc(CC(=O)CSc2ccc(F)cc2)sc1C. The molecule has 0 aliphatic rings. The van der Waals surface area contributed by atoms with Gasteiger partial charge in [-0.25, -0.2) is 9.37 Å². The highest BCUT2D eigenvalue weighted by Crippen LogP contribution is 2.20. The summed E-state index contributed by atoms with van der Waals surface area (Å²) in [5.41, 5.74) is 0.999. The van der Waals surface area contributed by atoms with Crippen LogP contribution < -0.4 is 0 Å². The van der Waals surface area contributed by atoms with E-state index in [2.05, 4.69) is 4.98 Å². The maximum atomic E-state index is 12.7. The Bertz CT molecular complexity index is 558. The molecule has 2 nitrogen and oxygen atoms in total. The first-order valence-electron chi connectivity index (χ1n) is 5.87. The molecule has 1 aromatic heterocycles. The second-order valence-electron chi connectivity index (χ2n) is 4.21. The molecule has 0 fully saturated rings. The predicted molar refractivity (Wildman–Crippen MR) is 77.4 cm³/mol. The molecular formula is C14H14FNOS2. The van der Waals surface area contributed by atoms with Gasteiger partial charge in [0.1, 0.15) is 16.6 Å². The zero-order valence-electron chi connectivity index (χ0n) is 10.8. The smallest absolute Gasteiger partial charge is 0.149 e. The number of carbonyl (C=O) groups excluding carboxylic acids is 1. The molecule has 0 saturated carbocycles. The van der Waals surface area contributed by atoms with Crippen molar-refractivity contribution in [3.8, 4) is 0 Å². The van der Waals surface area contributed by atoms with Crippen LogP contribution in [0.15, 0.2) is 29.2 Å². The first-order valence-corrected chi connectivity index (χ1v) is 7.68. The number of hydrogen-bond donors (Lipinski definition) is 0. The molecule has 5 heteroatoms. The minimum Gasteiger partial charge on any atom is -0.298 e. The maximum absolute atomic E-state index is 12.7. The highest BCUT2D eigenvalue weighted by Gasteiger charge is 2.09. The zero-order chi connectivity index (χ0) is 13.8. The molecule has 0 saturated heterocycles. The van der Waals surface area contributed by atoms with Crippen molar-refractivity contribution in [3.63, 3.8) is 0 Å². The fraction of sp³-hybridized carbons (Fsp3) is 0.286. The van der Waals surface area contributed by atoms with Crippen molar-refractivity contribution in [2.75, 3.05) is 5.75 Å². The highest BCUT2D eigenvalue weighted by atomic mass is 32.2. The Balaban J connectivity index is 1.86. The number of ketones is 1. The monoisotopic (exact) mass is 295 g/mol. The van der Waals surface area contributed by atoms with Crippen LogP contribution in [-0.4, -0.2) is 16.5 Å². The minimum atomic E-state index is -0.260. The van der Waals surface area contributed by atoms with Gasteiger partial charge in [-0.1, -0.05) is 0 Å². The van der Waals surface area contributed by atoms with Crippen molar-refractivity contribution in [1.82, 2.24) is 4.98 Å². The van der Waals surface area contributed by atoms with Crippen molar-refractivity contribution in [2.24, 2.45) is 0 Å². The highest BCUT2D eigenvalue weighted by molar-refractivity contribution is 8.00. The van der Waals surface area contributed by atoms with E-state index in [1.54, 1.807) is 23.5 Å². The molecule has 0 atom stereocenters. The lowest BCUT2D eigenvalue weighted by atomic mass is 10.3. The van der Waals surface area contributed by atoms with Crippen LogP contribution in [0, 0.1) is 19.7 Å². The Morgan fingerprint density at radius 3 is 2.58 bits per heavy atom. The summed E-state index contributed by atoms with van der Waals surface area (Å²) in [5.74, 6) is 0.274. The Morgan fingerprint density at radius 1 is 1.32 bits per heavy atom. The van der Waals surface area contributed by atoms with E-state index in [4.69, 9.17) is 0 Å². The van der Waals surface area contributed by atoms with E-state index in [9.17, 15) is 9.18 Å². The van der Waals surface area contributed by atoms with Crippen molar-refractivity contribution in [3.05, 3.63) is 45.7 Å². The van der Waals surface area contributed by atoms with E-state index >= 15 is 0 Å². The molecular weight excluding hydrogens is 281 g/mol. The molecule has 2 rings (SSSR count). The van der Waals surface area contributed by atoms with Gasteiger partial charge in [-0.3, -0.25) is 4.79 Å². The predicted octanol–water partition coefficient (Wildman–Crippen LogP) is 3.80. The normalized spacial score (nSPS) is 10.7. The molecule has 0 N–H and O–H groups in total. The molecule has 1 heterocycles. The summed E-state index contributed by atoms with van der Waals surface area (Å²) < 4.78 is 12.7. The van der Waals surface area contributed by atoms with Crippen molar-refractivity contribution in [1.29, 1.82) is 0 Å². The van der Waals surface area contributed by atoms with Crippen LogP contribution in [0.25, 0.3) is 0 Å².